The molecule has 3 fully saturated rings. The van der Waals surface area contributed by atoms with E-state index in [2.05, 4.69) is 24.1 Å². The van der Waals surface area contributed by atoms with E-state index in [1.807, 2.05) is 48.8 Å². The van der Waals surface area contributed by atoms with Gasteiger partial charge in [0.25, 0.3) is 5.91 Å². The predicted molar refractivity (Wildman–Crippen MR) is 196 cm³/mol. The number of carboxylic acids is 1. The Labute approximate surface area is 296 Å². The smallest absolute Gasteiger partial charge is 0.310 e. The van der Waals surface area contributed by atoms with Crippen LogP contribution in [0, 0.1) is 23.7 Å². The lowest BCUT2D eigenvalue weighted by molar-refractivity contribution is -0.153. The Bertz CT molecular complexity index is 1570. The molecule has 9 nitrogen and oxygen atoms in total. The average molecular weight is 680 g/mol. The second-order valence-corrected chi connectivity index (χ2v) is 14.8. The molecule has 1 aliphatic carbocycles. The SMILES string of the molecule is CCCc1ccc(C(=O)N[C@@H](Cc2ccc(-c3ncc(N4CCC(C5CCC(CCC)CC5)CC4)cn3)cc2)C(=O)N2CC(C(=O)O)C2)cc1. The van der Waals surface area contributed by atoms with Crippen molar-refractivity contribution in [3.63, 3.8) is 0 Å². The van der Waals surface area contributed by atoms with E-state index in [0.29, 0.717) is 11.4 Å². The largest absolute Gasteiger partial charge is 0.481 e. The van der Waals surface area contributed by atoms with Gasteiger partial charge in [-0.3, -0.25) is 14.4 Å². The first-order valence-corrected chi connectivity index (χ1v) is 18.9. The number of piperidine rings is 1. The van der Waals surface area contributed by atoms with Crippen LogP contribution in [0.5, 0.6) is 0 Å². The lowest BCUT2D eigenvalue weighted by atomic mass is 9.72. The van der Waals surface area contributed by atoms with E-state index in [1.54, 1.807) is 12.1 Å². The number of hydrogen-bond acceptors (Lipinski definition) is 6. The fourth-order valence-corrected chi connectivity index (χ4v) is 8.23. The molecule has 0 unspecified atom stereocenters. The van der Waals surface area contributed by atoms with Crippen molar-refractivity contribution < 1.29 is 19.5 Å². The number of aromatic nitrogens is 2. The lowest BCUT2D eigenvalue weighted by Crippen LogP contribution is -2.59. The molecule has 50 heavy (non-hydrogen) atoms. The van der Waals surface area contributed by atoms with Crippen LogP contribution >= 0.6 is 0 Å². The number of aliphatic carboxylic acids is 1. The van der Waals surface area contributed by atoms with Crippen LogP contribution in [0.2, 0.25) is 0 Å². The van der Waals surface area contributed by atoms with Crippen LogP contribution in [-0.2, 0) is 22.4 Å². The maximum atomic E-state index is 13.5. The molecule has 1 saturated carbocycles. The van der Waals surface area contributed by atoms with Crippen molar-refractivity contribution >= 4 is 23.5 Å². The number of nitrogens with one attached hydrogen (secondary N) is 1. The summed E-state index contributed by atoms with van der Waals surface area (Å²) in [7, 11) is 0. The Morgan fingerprint density at radius 2 is 1.44 bits per heavy atom. The van der Waals surface area contributed by atoms with Gasteiger partial charge in [0.05, 0.1) is 24.0 Å². The van der Waals surface area contributed by atoms with Crippen molar-refractivity contribution in [2.45, 2.75) is 90.5 Å². The van der Waals surface area contributed by atoms with Crippen molar-refractivity contribution in [1.82, 2.24) is 20.2 Å². The zero-order valence-electron chi connectivity index (χ0n) is 29.7. The summed E-state index contributed by atoms with van der Waals surface area (Å²) in [5.74, 6) is 1.27. The molecule has 2 aliphatic heterocycles. The summed E-state index contributed by atoms with van der Waals surface area (Å²) in [6.07, 6.45) is 17.0. The number of likely N-dealkylation sites (tertiary alicyclic amines) is 1. The van der Waals surface area contributed by atoms with Crippen molar-refractivity contribution in [2.24, 2.45) is 23.7 Å². The fraction of sp³-hybridized carbons (Fsp3) is 0.537. The van der Waals surface area contributed by atoms with Gasteiger partial charge in [-0.1, -0.05) is 82.3 Å². The van der Waals surface area contributed by atoms with E-state index < -0.39 is 17.9 Å². The molecule has 2 N–H and O–H groups in total. The first kappa shape index (κ1) is 35.6. The van der Waals surface area contributed by atoms with Crippen molar-refractivity contribution in [2.75, 3.05) is 31.1 Å². The molecule has 2 saturated heterocycles. The van der Waals surface area contributed by atoms with Crippen LogP contribution in [0.4, 0.5) is 5.69 Å². The summed E-state index contributed by atoms with van der Waals surface area (Å²) in [5.41, 5.74) is 4.47. The molecule has 2 aromatic carbocycles. The molecular formula is C41H53N5O4. The minimum atomic E-state index is -0.910. The monoisotopic (exact) mass is 679 g/mol. The number of carbonyl (C=O) groups excluding carboxylic acids is 2. The summed E-state index contributed by atoms with van der Waals surface area (Å²) in [4.78, 5) is 51.4. The number of carboxylic acid groups (broad SMARTS) is 1. The topological polar surface area (TPSA) is 116 Å². The van der Waals surface area contributed by atoms with E-state index in [4.69, 9.17) is 9.97 Å². The molecule has 0 bridgehead atoms. The number of carbonyl (C=O) groups is 3. The Hall–Kier alpha value is -4.27. The second-order valence-electron chi connectivity index (χ2n) is 14.8. The van der Waals surface area contributed by atoms with Crippen molar-refractivity contribution in [3.8, 4) is 11.4 Å². The number of aryl methyl sites for hydroxylation is 1. The summed E-state index contributed by atoms with van der Waals surface area (Å²) < 4.78 is 0. The number of nitrogens with zero attached hydrogens (tertiary/aromatic N) is 4. The number of rotatable bonds is 13. The summed E-state index contributed by atoms with van der Waals surface area (Å²) >= 11 is 0. The van der Waals surface area contributed by atoms with Crippen molar-refractivity contribution in [3.05, 3.63) is 77.6 Å². The second kappa shape index (κ2) is 16.6. The fourth-order valence-electron chi connectivity index (χ4n) is 8.23. The van der Waals surface area contributed by atoms with Crippen LogP contribution < -0.4 is 10.2 Å². The van der Waals surface area contributed by atoms with E-state index >= 15 is 0 Å². The van der Waals surface area contributed by atoms with Crippen LogP contribution in [0.1, 0.15) is 93.1 Å². The van der Waals surface area contributed by atoms with Gasteiger partial charge in [0.2, 0.25) is 5.91 Å². The standard InChI is InChI=1S/C41H53N5O4/c1-3-5-28-7-13-31(14-8-28)32-19-21-45(22-20-32)36-24-42-38(43-25-36)33-15-11-30(12-16-33)23-37(40(48)46-26-35(27-46)41(49)50)44-39(47)34-17-9-29(6-4-2)10-18-34/h9-12,15-18,24-25,28,31-32,35,37H,3-8,13-14,19-23,26-27H2,1-2H3,(H,44,47)(H,49,50)/t28?,31?,37-/m0/s1. The zero-order chi connectivity index (χ0) is 35.0. The van der Waals surface area contributed by atoms with Crippen LogP contribution in [0.25, 0.3) is 11.4 Å². The first-order valence-electron chi connectivity index (χ1n) is 18.9. The minimum absolute atomic E-state index is 0.149. The third kappa shape index (κ3) is 8.71. The predicted octanol–water partition coefficient (Wildman–Crippen LogP) is 6.80. The molecule has 3 aromatic rings. The van der Waals surface area contributed by atoms with E-state index in [1.165, 1.54) is 56.3 Å². The molecule has 3 aliphatic rings. The van der Waals surface area contributed by atoms with Crippen molar-refractivity contribution in [1.29, 1.82) is 0 Å². The van der Waals surface area contributed by atoms with Gasteiger partial charge in [-0.2, -0.15) is 0 Å². The molecule has 3 heterocycles. The Morgan fingerprint density at radius 1 is 0.820 bits per heavy atom. The molecule has 1 atom stereocenters. The Balaban J connectivity index is 1.05. The molecule has 266 valence electrons. The number of hydrogen-bond donors (Lipinski definition) is 2. The number of anilines is 1. The minimum Gasteiger partial charge on any atom is -0.481 e. The third-order valence-corrected chi connectivity index (χ3v) is 11.4. The summed E-state index contributed by atoms with van der Waals surface area (Å²) in [6.45, 7) is 6.84. The van der Waals surface area contributed by atoms with Gasteiger partial charge in [-0.25, -0.2) is 9.97 Å². The molecule has 0 radical (unpaired) electrons. The van der Waals surface area contributed by atoms with Gasteiger partial charge < -0.3 is 20.2 Å². The Morgan fingerprint density at radius 3 is 2.04 bits per heavy atom. The number of amides is 2. The van der Waals surface area contributed by atoms with E-state index in [0.717, 1.165) is 66.1 Å². The summed E-state index contributed by atoms with van der Waals surface area (Å²) in [5, 5.41) is 12.2. The van der Waals surface area contributed by atoms with Crippen LogP contribution in [0.15, 0.2) is 60.9 Å². The Kier molecular flexibility index (Phi) is 11.8. The third-order valence-electron chi connectivity index (χ3n) is 11.4. The lowest BCUT2D eigenvalue weighted by Gasteiger charge is -2.39. The molecule has 1 aromatic heterocycles. The average Bonchev–Trinajstić information content (AvgIpc) is 3.12. The molecular weight excluding hydrogens is 626 g/mol. The molecule has 2 amide bonds. The number of benzene rings is 2. The van der Waals surface area contributed by atoms with Gasteiger partial charge in [0.15, 0.2) is 5.82 Å². The van der Waals surface area contributed by atoms with Gasteiger partial charge in [-0.05, 0) is 73.1 Å². The highest BCUT2D eigenvalue weighted by molar-refractivity contribution is 5.98. The maximum absolute atomic E-state index is 13.5. The van der Waals surface area contributed by atoms with Gasteiger partial charge >= 0.3 is 5.97 Å². The molecule has 0 spiro atoms. The zero-order valence-corrected chi connectivity index (χ0v) is 29.7. The summed E-state index contributed by atoms with van der Waals surface area (Å²) in [6, 6.07) is 14.4. The van der Waals surface area contributed by atoms with E-state index in [9.17, 15) is 19.5 Å². The highest BCUT2D eigenvalue weighted by Gasteiger charge is 2.39. The first-order chi connectivity index (χ1) is 24.3. The maximum Gasteiger partial charge on any atom is 0.310 e. The van der Waals surface area contributed by atoms with Gasteiger partial charge in [0, 0.05) is 43.7 Å². The van der Waals surface area contributed by atoms with Crippen LogP contribution in [-0.4, -0.2) is 70.0 Å². The molecule has 9 heteroatoms. The highest BCUT2D eigenvalue weighted by Crippen LogP contribution is 2.39. The van der Waals surface area contributed by atoms with Crippen LogP contribution in [0.3, 0.4) is 0 Å². The van der Waals surface area contributed by atoms with E-state index in [-0.39, 0.29) is 31.3 Å². The van der Waals surface area contributed by atoms with Gasteiger partial charge in [-0.15, -0.1) is 0 Å². The highest BCUT2D eigenvalue weighted by atomic mass is 16.4. The molecule has 6 rings (SSSR count). The van der Waals surface area contributed by atoms with Gasteiger partial charge in [0.1, 0.15) is 6.04 Å². The normalized spacial score (nSPS) is 20.6. The quantitative estimate of drug-likeness (QED) is 0.204.